The van der Waals surface area contributed by atoms with Crippen LogP contribution in [0.3, 0.4) is 0 Å². The second kappa shape index (κ2) is 12.0. The van der Waals surface area contributed by atoms with Crippen LogP contribution in [-0.2, 0) is 20.8 Å². The van der Waals surface area contributed by atoms with Crippen molar-refractivity contribution in [3.8, 4) is 0 Å². The third kappa shape index (κ3) is 6.73. The predicted molar refractivity (Wildman–Crippen MR) is 150 cm³/mol. The van der Waals surface area contributed by atoms with E-state index in [9.17, 15) is 19.2 Å². The van der Waals surface area contributed by atoms with Gasteiger partial charge in [-0.25, -0.2) is 14.2 Å². The number of Topliss-reactive ketones (excluding diaryl/α,β-unsaturated/α-hetero) is 1. The van der Waals surface area contributed by atoms with Crippen LogP contribution < -0.4 is 10.2 Å². The van der Waals surface area contributed by atoms with E-state index in [0.717, 1.165) is 37.1 Å². The van der Waals surface area contributed by atoms with E-state index in [1.54, 1.807) is 51.1 Å². The lowest BCUT2D eigenvalue weighted by molar-refractivity contribution is -0.136. The number of urea groups is 1. The number of anilines is 2. The number of benzene rings is 2. The van der Waals surface area contributed by atoms with Crippen LogP contribution in [0.2, 0.25) is 0 Å². The zero-order valence-electron chi connectivity index (χ0n) is 23.1. The maximum absolute atomic E-state index is 15.5. The molecule has 1 heterocycles. The molecule has 0 unspecified atom stereocenters. The summed E-state index contributed by atoms with van der Waals surface area (Å²) in [4.78, 5) is 52.4. The second-order valence-electron chi connectivity index (χ2n) is 11.4. The number of carboxylic acids is 1. The van der Waals surface area contributed by atoms with E-state index < -0.39 is 35.7 Å². The first-order valence-electron chi connectivity index (χ1n) is 13.5. The number of hydrogen-bond acceptors (Lipinski definition) is 5. The summed E-state index contributed by atoms with van der Waals surface area (Å²) in [5.74, 6) is -2.43. The molecule has 10 heteroatoms. The number of carbonyl (C=O) groups excluding carboxylic acids is 3. The molecule has 0 radical (unpaired) electrons. The van der Waals surface area contributed by atoms with Crippen molar-refractivity contribution < 1.29 is 28.7 Å². The van der Waals surface area contributed by atoms with Crippen LogP contribution in [0.15, 0.2) is 47.6 Å². The van der Waals surface area contributed by atoms with Crippen LogP contribution in [0.1, 0.15) is 64.0 Å². The molecule has 2 aromatic carbocycles. The zero-order chi connectivity index (χ0) is 29.0. The van der Waals surface area contributed by atoms with E-state index in [-0.39, 0.29) is 35.9 Å². The Morgan fingerprint density at radius 3 is 2.42 bits per heavy atom. The number of halogens is 1. The smallest absolute Gasteiger partial charge is 0.345 e. The molecular formula is C30H35FN4O5. The monoisotopic (exact) mass is 550 g/mol. The summed E-state index contributed by atoms with van der Waals surface area (Å²) < 4.78 is 15.5. The van der Waals surface area contributed by atoms with Gasteiger partial charge in [-0.05, 0) is 42.7 Å². The molecule has 9 nitrogen and oxygen atoms in total. The van der Waals surface area contributed by atoms with Gasteiger partial charge in [-0.1, -0.05) is 58.2 Å². The molecule has 40 heavy (non-hydrogen) atoms. The van der Waals surface area contributed by atoms with Gasteiger partial charge in [-0.15, -0.1) is 0 Å². The standard InChI is InChI=1S/C30H35FN4O5/c1-30(2,3)24(36)17-34-23-14-8-13-22(31)27(23)28(20-10-5-4-6-11-20)33-35(29(34)40)18-25(37)32-21-12-7-9-19(15-21)16-26(38)39/h7-9,12-15,20H,4-6,10-11,16-18H2,1-3H3,(H,32,37)(H,38,39). The molecule has 1 aliphatic heterocycles. The van der Waals surface area contributed by atoms with Crippen molar-refractivity contribution in [2.45, 2.75) is 59.3 Å². The second-order valence-corrected chi connectivity index (χ2v) is 11.4. The van der Waals surface area contributed by atoms with Gasteiger partial charge in [0.25, 0.3) is 0 Å². The van der Waals surface area contributed by atoms with Gasteiger partial charge in [0, 0.05) is 17.0 Å². The topological polar surface area (TPSA) is 119 Å². The van der Waals surface area contributed by atoms with Gasteiger partial charge >= 0.3 is 12.0 Å². The summed E-state index contributed by atoms with van der Waals surface area (Å²) in [6, 6.07) is 10.2. The van der Waals surface area contributed by atoms with E-state index in [1.807, 2.05) is 0 Å². The summed E-state index contributed by atoms with van der Waals surface area (Å²) >= 11 is 0. The maximum atomic E-state index is 15.5. The van der Waals surface area contributed by atoms with Crippen LogP contribution in [0, 0.1) is 17.2 Å². The lowest BCUT2D eigenvalue weighted by atomic mass is 9.82. The van der Waals surface area contributed by atoms with Crippen LogP contribution in [-0.4, -0.2) is 52.6 Å². The normalized spacial score (nSPS) is 16.2. The average molecular weight is 551 g/mol. The van der Waals surface area contributed by atoms with Crippen molar-refractivity contribution in [1.29, 1.82) is 0 Å². The number of aliphatic carboxylic acids is 1. The number of ketones is 1. The minimum atomic E-state index is -1.00. The number of carbonyl (C=O) groups is 4. The Labute approximate surface area is 233 Å². The molecule has 1 saturated carbocycles. The van der Waals surface area contributed by atoms with E-state index >= 15 is 4.39 Å². The lowest BCUT2D eigenvalue weighted by Gasteiger charge is -2.28. The van der Waals surface area contributed by atoms with Crippen LogP contribution >= 0.6 is 0 Å². The first-order valence-corrected chi connectivity index (χ1v) is 13.5. The van der Waals surface area contributed by atoms with E-state index in [2.05, 4.69) is 10.4 Å². The number of rotatable bonds is 8. The fourth-order valence-corrected chi connectivity index (χ4v) is 5.03. The van der Waals surface area contributed by atoms with E-state index in [0.29, 0.717) is 17.0 Å². The fourth-order valence-electron chi connectivity index (χ4n) is 5.03. The quantitative estimate of drug-likeness (QED) is 0.466. The summed E-state index contributed by atoms with van der Waals surface area (Å²) in [5.41, 5.74) is 0.979. The van der Waals surface area contributed by atoms with Gasteiger partial charge in [0.05, 0.1) is 29.9 Å². The molecule has 0 aromatic heterocycles. The lowest BCUT2D eigenvalue weighted by Crippen LogP contribution is -2.47. The minimum Gasteiger partial charge on any atom is -0.481 e. The highest BCUT2D eigenvalue weighted by atomic mass is 19.1. The molecule has 0 spiro atoms. The van der Waals surface area contributed by atoms with Crippen LogP contribution in [0.4, 0.5) is 20.6 Å². The molecule has 1 aliphatic carbocycles. The molecule has 212 valence electrons. The Balaban J connectivity index is 1.71. The Bertz CT molecular complexity index is 1340. The van der Waals surface area contributed by atoms with E-state index in [4.69, 9.17) is 5.11 Å². The first kappa shape index (κ1) is 28.9. The Morgan fingerprint density at radius 2 is 1.75 bits per heavy atom. The highest BCUT2D eigenvalue weighted by molar-refractivity contribution is 6.13. The SMILES string of the molecule is CC(C)(C)C(=O)CN1C(=O)N(CC(=O)Nc2cccc(CC(=O)O)c2)N=C(C2CCCCC2)c2c(F)cccc21. The largest absolute Gasteiger partial charge is 0.481 e. The third-order valence-electron chi connectivity index (χ3n) is 7.21. The average Bonchev–Trinajstić information content (AvgIpc) is 2.99. The number of nitrogens with zero attached hydrogens (tertiary/aromatic N) is 3. The fraction of sp³-hybridized carbons (Fsp3) is 0.433. The summed E-state index contributed by atoms with van der Waals surface area (Å²) in [6.45, 7) is 4.46. The number of hydrogen-bond donors (Lipinski definition) is 2. The highest BCUT2D eigenvalue weighted by Crippen LogP contribution is 2.36. The Morgan fingerprint density at radius 1 is 1.05 bits per heavy atom. The molecule has 0 bridgehead atoms. The highest BCUT2D eigenvalue weighted by Gasteiger charge is 2.37. The number of fused-ring (bicyclic) bond motifs is 1. The summed E-state index contributed by atoms with van der Waals surface area (Å²) in [7, 11) is 0. The van der Waals surface area contributed by atoms with Crippen LogP contribution in [0.5, 0.6) is 0 Å². The molecule has 2 aromatic rings. The van der Waals surface area contributed by atoms with Crippen molar-refractivity contribution in [3.05, 3.63) is 59.4 Å². The van der Waals surface area contributed by atoms with Gasteiger partial charge in [0.2, 0.25) is 5.91 Å². The summed E-state index contributed by atoms with van der Waals surface area (Å²) in [5, 5.41) is 17.4. The molecule has 3 amide bonds. The van der Waals surface area contributed by atoms with Gasteiger partial charge in [-0.2, -0.15) is 5.10 Å². The van der Waals surface area contributed by atoms with Gasteiger partial charge in [0.15, 0.2) is 5.78 Å². The molecule has 2 aliphatic rings. The van der Waals surface area contributed by atoms with Gasteiger partial charge in [0.1, 0.15) is 12.4 Å². The number of carboxylic acid groups (broad SMARTS) is 1. The van der Waals surface area contributed by atoms with Gasteiger partial charge in [-0.3, -0.25) is 19.3 Å². The van der Waals surface area contributed by atoms with Crippen molar-refractivity contribution in [3.63, 3.8) is 0 Å². The molecule has 4 rings (SSSR count). The predicted octanol–water partition coefficient (Wildman–Crippen LogP) is 5.23. The van der Waals surface area contributed by atoms with Gasteiger partial charge < -0.3 is 10.4 Å². The number of amides is 3. The maximum Gasteiger partial charge on any atom is 0.345 e. The summed E-state index contributed by atoms with van der Waals surface area (Å²) in [6.07, 6.45) is 4.30. The van der Waals surface area contributed by atoms with Crippen molar-refractivity contribution in [1.82, 2.24) is 5.01 Å². The minimum absolute atomic E-state index is 0.103. The number of hydrazone groups is 1. The Kier molecular flexibility index (Phi) is 8.66. The molecule has 1 fully saturated rings. The van der Waals surface area contributed by atoms with Crippen molar-refractivity contribution in [2.75, 3.05) is 23.3 Å². The molecular weight excluding hydrogens is 515 g/mol. The Hall–Kier alpha value is -4.08. The molecule has 0 atom stereocenters. The third-order valence-corrected chi connectivity index (χ3v) is 7.21. The first-order chi connectivity index (χ1) is 18.9. The van der Waals surface area contributed by atoms with Crippen LogP contribution in [0.25, 0.3) is 0 Å². The van der Waals surface area contributed by atoms with Crippen molar-refractivity contribution in [2.24, 2.45) is 16.4 Å². The molecule has 2 N–H and O–H groups in total. The number of nitrogens with one attached hydrogen (secondary N) is 1. The van der Waals surface area contributed by atoms with Crippen molar-refractivity contribution >= 4 is 40.8 Å². The molecule has 0 saturated heterocycles. The van der Waals surface area contributed by atoms with E-state index in [1.165, 1.54) is 17.0 Å². The zero-order valence-corrected chi connectivity index (χ0v) is 23.1.